The van der Waals surface area contributed by atoms with E-state index >= 15 is 0 Å². The first kappa shape index (κ1) is 10.0. The molecule has 0 spiro atoms. The van der Waals surface area contributed by atoms with E-state index in [2.05, 4.69) is 24.0 Å². The first-order valence-electron chi connectivity index (χ1n) is 6.10. The average molecular weight is 215 g/mol. The number of benzene rings is 1. The predicted octanol–water partition coefficient (Wildman–Crippen LogP) is 2.45. The van der Waals surface area contributed by atoms with Gasteiger partial charge in [-0.2, -0.15) is 0 Å². The molecule has 2 fully saturated rings. The Morgan fingerprint density at radius 1 is 1.31 bits per heavy atom. The third-order valence-electron chi connectivity index (χ3n) is 4.15. The fourth-order valence-electron chi connectivity index (χ4n) is 3.03. The molecule has 0 bridgehead atoms. The average Bonchev–Trinajstić information content (AvgIpc) is 3.00. The molecule has 2 heterocycles. The van der Waals surface area contributed by atoms with Crippen LogP contribution < -0.4 is 0 Å². The monoisotopic (exact) mass is 215 g/mol. The molecule has 3 rings (SSSR count). The van der Waals surface area contributed by atoms with E-state index in [0.29, 0.717) is 5.92 Å². The quantitative estimate of drug-likeness (QED) is 0.570. The van der Waals surface area contributed by atoms with Crippen molar-refractivity contribution in [2.24, 2.45) is 0 Å². The number of carbonyl (C=O) groups is 1. The summed E-state index contributed by atoms with van der Waals surface area (Å²) in [5, 5.41) is 0. The smallest absolute Gasteiger partial charge is 0.150 e. The number of nitrogens with zero attached hydrogens (tertiary/aromatic N) is 1. The Morgan fingerprint density at radius 2 is 2.06 bits per heavy atom. The second-order valence-electron chi connectivity index (χ2n) is 5.07. The molecular formula is C14H17NO. The van der Waals surface area contributed by atoms with Crippen LogP contribution in [0.1, 0.15) is 41.6 Å². The van der Waals surface area contributed by atoms with E-state index in [-0.39, 0.29) is 0 Å². The molecule has 1 aromatic rings. The number of hydrogen-bond donors (Lipinski definition) is 0. The third-order valence-corrected chi connectivity index (χ3v) is 4.15. The Kier molecular flexibility index (Phi) is 2.32. The second kappa shape index (κ2) is 3.70. The summed E-state index contributed by atoms with van der Waals surface area (Å²) in [6, 6.07) is 9.67. The van der Waals surface area contributed by atoms with Crippen molar-refractivity contribution in [2.75, 3.05) is 6.54 Å². The van der Waals surface area contributed by atoms with Gasteiger partial charge in [0.05, 0.1) is 0 Å². The fourth-order valence-corrected chi connectivity index (χ4v) is 3.03. The van der Waals surface area contributed by atoms with Crippen LogP contribution in [0.5, 0.6) is 0 Å². The van der Waals surface area contributed by atoms with Gasteiger partial charge >= 0.3 is 0 Å². The highest BCUT2D eigenvalue weighted by molar-refractivity contribution is 5.74. The van der Waals surface area contributed by atoms with Gasteiger partial charge in [0.15, 0.2) is 0 Å². The van der Waals surface area contributed by atoms with Gasteiger partial charge in [0.25, 0.3) is 0 Å². The zero-order valence-corrected chi connectivity index (χ0v) is 9.60. The van der Waals surface area contributed by atoms with E-state index in [0.717, 1.165) is 23.9 Å². The van der Waals surface area contributed by atoms with Gasteiger partial charge in [-0.1, -0.05) is 31.2 Å². The lowest BCUT2D eigenvalue weighted by Gasteiger charge is -2.22. The Bertz CT molecular complexity index is 398. The highest BCUT2D eigenvalue weighted by Crippen LogP contribution is 2.41. The molecule has 0 radical (unpaired) electrons. The maximum absolute atomic E-state index is 10.6. The summed E-state index contributed by atoms with van der Waals surface area (Å²) in [5.41, 5.74) is 2.13. The van der Waals surface area contributed by atoms with Crippen molar-refractivity contribution in [3.63, 3.8) is 0 Å². The van der Waals surface area contributed by atoms with Crippen LogP contribution in [0.2, 0.25) is 0 Å². The van der Waals surface area contributed by atoms with Crippen LogP contribution in [0.3, 0.4) is 0 Å². The molecule has 1 aromatic carbocycles. The molecule has 1 unspecified atom stereocenters. The Morgan fingerprint density at radius 3 is 2.56 bits per heavy atom. The van der Waals surface area contributed by atoms with Crippen LogP contribution in [0.15, 0.2) is 24.3 Å². The number of rotatable bonds is 3. The summed E-state index contributed by atoms with van der Waals surface area (Å²) >= 11 is 0. The lowest BCUT2D eigenvalue weighted by Crippen LogP contribution is -2.22. The standard InChI is InChI=1S/C14H17NO/c1-10(14-7-6-13-8-15(13)14)12-4-2-11(9-16)3-5-12/h2-5,9-10,13-14H,6-8H2,1H3/t10-,13-,14-,15?/m1/s1. The molecule has 0 amide bonds. The maximum Gasteiger partial charge on any atom is 0.150 e. The normalized spacial score (nSPS) is 33.2. The highest BCUT2D eigenvalue weighted by Gasteiger charge is 2.47. The Hall–Kier alpha value is -1.15. The summed E-state index contributed by atoms with van der Waals surface area (Å²) < 4.78 is 0. The molecular weight excluding hydrogens is 198 g/mol. The van der Waals surface area contributed by atoms with Crippen LogP contribution in [-0.2, 0) is 0 Å². The lowest BCUT2D eigenvalue weighted by atomic mass is 9.91. The molecule has 0 N–H and O–H groups in total. The van der Waals surface area contributed by atoms with Crippen molar-refractivity contribution in [2.45, 2.75) is 37.8 Å². The van der Waals surface area contributed by atoms with Crippen molar-refractivity contribution in [3.05, 3.63) is 35.4 Å². The van der Waals surface area contributed by atoms with Crippen LogP contribution >= 0.6 is 0 Å². The van der Waals surface area contributed by atoms with Crippen molar-refractivity contribution in [3.8, 4) is 0 Å². The van der Waals surface area contributed by atoms with Gasteiger partial charge in [-0.05, 0) is 24.3 Å². The summed E-state index contributed by atoms with van der Waals surface area (Å²) in [5.74, 6) is 0.591. The fraction of sp³-hybridized carbons (Fsp3) is 0.500. The molecule has 16 heavy (non-hydrogen) atoms. The minimum atomic E-state index is 0.591. The van der Waals surface area contributed by atoms with Gasteiger partial charge in [0.2, 0.25) is 0 Å². The van der Waals surface area contributed by atoms with Gasteiger partial charge in [-0.15, -0.1) is 0 Å². The summed E-state index contributed by atoms with van der Waals surface area (Å²) in [6.07, 6.45) is 3.62. The number of hydrogen-bond acceptors (Lipinski definition) is 2. The molecule has 84 valence electrons. The van der Waals surface area contributed by atoms with E-state index in [4.69, 9.17) is 0 Å². The first-order valence-corrected chi connectivity index (χ1v) is 6.10. The molecule has 4 atom stereocenters. The molecule has 2 heteroatoms. The van der Waals surface area contributed by atoms with E-state index in [1.54, 1.807) is 0 Å². The molecule has 0 saturated carbocycles. The molecule has 2 aliphatic rings. The molecule has 0 aromatic heterocycles. The zero-order valence-electron chi connectivity index (χ0n) is 9.60. The summed E-state index contributed by atoms with van der Waals surface area (Å²) in [6.45, 7) is 3.61. The van der Waals surface area contributed by atoms with Crippen LogP contribution in [0, 0.1) is 0 Å². The van der Waals surface area contributed by atoms with Gasteiger partial charge in [-0.25, -0.2) is 0 Å². The van der Waals surface area contributed by atoms with Crippen LogP contribution in [-0.4, -0.2) is 29.8 Å². The Labute approximate surface area is 96.3 Å². The number of carbonyl (C=O) groups excluding carboxylic acids is 1. The van der Waals surface area contributed by atoms with E-state index in [1.807, 2.05) is 12.1 Å². The van der Waals surface area contributed by atoms with Gasteiger partial charge in [-0.3, -0.25) is 9.69 Å². The lowest BCUT2D eigenvalue weighted by molar-refractivity contribution is 0.112. The topological polar surface area (TPSA) is 20.1 Å². The number of aldehydes is 1. The Balaban J connectivity index is 1.77. The molecule has 2 aliphatic heterocycles. The second-order valence-corrected chi connectivity index (χ2v) is 5.07. The minimum absolute atomic E-state index is 0.591. The van der Waals surface area contributed by atoms with Crippen molar-refractivity contribution in [1.82, 2.24) is 4.90 Å². The number of fused-ring (bicyclic) bond motifs is 1. The molecule has 2 nitrogen and oxygen atoms in total. The van der Waals surface area contributed by atoms with Gasteiger partial charge in [0, 0.05) is 24.2 Å². The van der Waals surface area contributed by atoms with Crippen molar-refractivity contribution < 1.29 is 4.79 Å². The SMILES string of the molecule is C[C@H](c1ccc(C=O)cc1)[C@H]1CC[C@@H]2CN21. The highest BCUT2D eigenvalue weighted by atomic mass is 16.1. The maximum atomic E-state index is 10.6. The minimum Gasteiger partial charge on any atom is -0.298 e. The van der Waals surface area contributed by atoms with E-state index in [1.165, 1.54) is 24.9 Å². The van der Waals surface area contributed by atoms with Crippen molar-refractivity contribution in [1.29, 1.82) is 0 Å². The van der Waals surface area contributed by atoms with Gasteiger partial charge in [0.1, 0.15) is 6.29 Å². The summed E-state index contributed by atoms with van der Waals surface area (Å²) in [7, 11) is 0. The van der Waals surface area contributed by atoms with E-state index in [9.17, 15) is 4.79 Å². The van der Waals surface area contributed by atoms with Crippen LogP contribution in [0.25, 0.3) is 0 Å². The van der Waals surface area contributed by atoms with Crippen LogP contribution in [0.4, 0.5) is 0 Å². The van der Waals surface area contributed by atoms with Gasteiger partial charge < -0.3 is 0 Å². The number of piperidine rings is 1. The molecule has 2 saturated heterocycles. The third kappa shape index (κ3) is 1.57. The largest absolute Gasteiger partial charge is 0.298 e. The predicted molar refractivity (Wildman–Crippen MR) is 63.8 cm³/mol. The van der Waals surface area contributed by atoms with Crippen molar-refractivity contribution >= 4 is 6.29 Å². The summed E-state index contributed by atoms with van der Waals surface area (Å²) in [4.78, 5) is 13.2. The molecule has 0 aliphatic carbocycles. The zero-order chi connectivity index (χ0) is 11.1. The van der Waals surface area contributed by atoms with E-state index < -0.39 is 0 Å². The first-order chi connectivity index (χ1) is 7.79.